The molecule has 10 nitrogen and oxygen atoms in total. The monoisotopic (exact) mass is 569 g/mol. The molecular weight excluding hydrogens is 530 g/mol. The van der Waals surface area contributed by atoms with Crippen molar-refractivity contribution in [3.05, 3.63) is 53.2 Å². The first-order valence-corrected chi connectivity index (χ1v) is 15.0. The zero-order valence-corrected chi connectivity index (χ0v) is 24.4. The molecule has 2 fully saturated rings. The fourth-order valence-corrected chi connectivity index (χ4v) is 6.95. The van der Waals surface area contributed by atoms with Crippen molar-refractivity contribution >= 4 is 28.4 Å². The third-order valence-electron chi connectivity index (χ3n) is 9.23. The number of likely N-dealkylation sites (N-methyl/N-ethyl adjacent to an activating group) is 1. The lowest BCUT2D eigenvalue weighted by atomic mass is 9.89. The highest BCUT2D eigenvalue weighted by atomic mass is 16.5. The van der Waals surface area contributed by atoms with E-state index in [1.807, 2.05) is 0 Å². The van der Waals surface area contributed by atoms with Crippen LogP contribution < -0.4 is 19.9 Å². The normalized spacial score (nSPS) is 22.5. The second-order valence-electron chi connectivity index (χ2n) is 11.9. The summed E-state index contributed by atoms with van der Waals surface area (Å²) in [6.07, 6.45) is 2.89. The van der Waals surface area contributed by atoms with E-state index in [0.29, 0.717) is 44.7 Å². The van der Waals surface area contributed by atoms with Crippen LogP contribution in [0.25, 0.3) is 10.8 Å². The smallest absolute Gasteiger partial charge is 0.404 e. The van der Waals surface area contributed by atoms with Crippen molar-refractivity contribution in [2.24, 2.45) is 5.92 Å². The third kappa shape index (κ3) is 5.66. The Morgan fingerprint density at radius 3 is 2.74 bits per heavy atom. The van der Waals surface area contributed by atoms with Crippen LogP contribution in [0.15, 0.2) is 36.4 Å². The summed E-state index contributed by atoms with van der Waals surface area (Å²) in [4.78, 5) is 28.3. The van der Waals surface area contributed by atoms with E-state index in [-0.39, 0.29) is 18.4 Å². The van der Waals surface area contributed by atoms with Gasteiger partial charge in [0.2, 0.25) is 0 Å². The molecule has 42 heavy (non-hydrogen) atoms. The van der Waals surface area contributed by atoms with Gasteiger partial charge in [-0.15, -0.1) is 0 Å². The predicted molar refractivity (Wildman–Crippen MR) is 162 cm³/mol. The second kappa shape index (κ2) is 12.0. The number of aryl methyl sites for hydroxylation is 1. The predicted octanol–water partition coefficient (Wildman–Crippen LogP) is 4.35. The Kier molecular flexibility index (Phi) is 8.02. The summed E-state index contributed by atoms with van der Waals surface area (Å²) in [6.45, 7) is 6.47. The number of ether oxygens (including phenoxy) is 1. The molecule has 220 valence electrons. The molecule has 4 heterocycles. The first-order chi connectivity index (χ1) is 20.4. The van der Waals surface area contributed by atoms with E-state index in [2.05, 4.69) is 76.5 Å². The number of hydrogen-bond donors (Lipinski definition) is 2. The van der Waals surface area contributed by atoms with E-state index in [4.69, 9.17) is 14.7 Å². The zero-order chi connectivity index (χ0) is 29.2. The summed E-state index contributed by atoms with van der Waals surface area (Å²) >= 11 is 0. The van der Waals surface area contributed by atoms with Gasteiger partial charge in [-0.05, 0) is 63.2 Å². The molecule has 3 aliphatic heterocycles. The van der Waals surface area contributed by atoms with E-state index >= 15 is 0 Å². The van der Waals surface area contributed by atoms with Crippen LogP contribution in [0.4, 0.5) is 16.3 Å². The molecule has 10 heteroatoms. The van der Waals surface area contributed by atoms with E-state index in [9.17, 15) is 15.2 Å². The van der Waals surface area contributed by atoms with Crippen molar-refractivity contribution in [2.75, 3.05) is 49.6 Å². The molecule has 0 spiro atoms. The minimum absolute atomic E-state index is 0.124. The van der Waals surface area contributed by atoms with E-state index in [1.54, 1.807) is 0 Å². The summed E-state index contributed by atoms with van der Waals surface area (Å²) in [5.41, 5.74) is 4.55. The topological polar surface area (TPSA) is 118 Å². The van der Waals surface area contributed by atoms with Crippen molar-refractivity contribution in [3.8, 4) is 12.1 Å². The minimum atomic E-state index is -1.05. The molecule has 2 N–H and O–H groups in total. The number of fused-ring (bicyclic) bond motifs is 2. The highest BCUT2D eigenvalue weighted by molar-refractivity contribution is 5.97. The van der Waals surface area contributed by atoms with Gasteiger partial charge in [0.25, 0.3) is 0 Å². The maximum atomic E-state index is 11.4. The average molecular weight is 570 g/mol. The summed E-state index contributed by atoms with van der Waals surface area (Å²) < 4.78 is 6.28. The van der Waals surface area contributed by atoms with Crippen LogP contribution >= 0.6 is 0 Å². The Morgan fingerprint density at radius 2 is 1.98 bits per heavy atom. The van der Waals surface area contributed by atoms with Crippen LogP contribution in [0.3, 0.4) is 0 Å². The van der Waals surface area contributed by atoms with Gasteiger partial charge in [0.15, 0.2) is 0 Å². The molecule has 0 saturated carbocycles. The molecular formula is C32H39N7O3. The van der Waals surface area contributed by atoms with Crippen LogP contribution in [0.5, 0.6) is 6.01 Å². The van der Waals surface area contributed by atoms with Crippen LogP contribution in [-0.4, -0.2) is 78.0 Å². The van der Waals surface area contributed by atoms with Crippen LogP contribution in [-0.2, 0) is 13.0 Å². The van der Waals surface area contributed by atoms with E-state index < -0.39 is 6.09 Å². The number of nitrogens with zero attached hydrogens (tertiary/aromatic N) is 6. The maximum absolute atomic E-state index is 11.4. The summed E-state index contributed by atoms with van der Waals surface area (Å²) in [5.74, 6) is 0.737. The summed E-state index contributed by atoms with van der Waals surface area (Å²) in [6, 6.07) is 15.7. The number of likely N-dealkylation sites (tertiary alicyclic amines) is 1. The van der Waals surface area contributed by atoms with E-state index in [1.165, 1.54) is 28.4 Å². The molecule has 2 saturated heterocycles. The average Bonchev–Trinajstić information content (AvgIpc) is 3.40. The Morgan fingerprint density at radius 1 is 1.14 bits per heavy atom. The fraction of sp³-hybridized carbons (Fsp3) is 0.500. The van der Waals surface area contributed by atoms with Crippen molar-refractivity contribution in [1.29, 1.82) is 5.26 Å². The van der Waals surface area contributed by atoms with E-state index in [0.717, 1.165) is 43.0 Å². The van der Waals surface area contributed by atoms with Gasteiger partial charge in [0.1, 0.15) is 12.4 Å². The number of benzene rings is 2. The van der Waals surface area contributed by atoms with Crippen molar-refractivity contribution < 1.29 is 14.6 Å². The number of rotatable bonds is 7. The molecule has 6 rings (SSSR count). The van der Waals surface area contributed by atoms with Gasteiger partial charge in [0.05, 0.1) is 18.3 Å². The SMILES string of the molecule is Cc1cccc2cccc(N3CCc4c(nc(OC[C@@H]5CCCN5C)nc4N4CC[C@H](NC(=O)O)[C@@H](CC#N)C4)C3)c12. The van der Waals surface area contributed by atoms with Gasteiger partial charge in [-0.2, -0.15) is 15.2 Å². The highest BCUT2D eigenvalue weighted by Crippen LogP contribution is 2.36. The number of aromatic nitrogens is 2. The van der Waals surface area contributed by atoms with Crippen LogP contribution in [0, 0.1) is 24.2 Å². The van der Waals surface area contributed by atoms with Crippen molar-refractivity contribution in [3.63, 3.8) is 0 Å². The minimum Gasteiger partial charge on any atom is -0.465 e. The Hall–Kier alpha value is -4.10. The molecule has 3 atom stereocenters. The number of hydrogen-bond acceptors (Lipinski definition) is 8. The van der Waals surface area contributed by atoms with Gasteiger partial charge in [0, 0.05) is 60.7 Å². The first kappa shape index (κ1) is 28.0. The lowest BCUT2D eigenvalue weighted by Gasteiger charge is -2.40. The van der Waals surface area contributed by atoms with Gasteiger partial charge in [-0.3, -0.25) is 0 Å². The second-order valence-corrected chi connectivity index (χ2v) is 11.9. The van der Waals surface area contributed by atoms with Gasteiger partial charge >= 0.3 is 12.1 Å². The third-order valence-corrected chi connectivity index (χ3v) is 9.23. The molecule has 3 aromatic rings. The number of nitrogens with one attached hydrogen (secondary N) is 1. The number of carbonyl (C=O) groups is 1. The molecule has 1 amide bonds. The number of nitriles is 1. The fourth-order valence-electron chi connectivity index (χ4n) is 6.95. The quantitative estimate of drug-likeness (QED) is 0.428. The lowest BCUT2D eigenvalue weighted by Crippen LogP contribution is -2.51. The largest absolute Gasteiger partial charge is 0.465 e. The molecule has 1 aromatic heterocycles. The molecule has 3 aliphatic rings. The van der Waals surface area contributed by atoms with Gasteiger partial charge in [-0.25, -0.2) is 4.79 Å². The van der Waals surface area contributed by atoms with Crippen LogP contribution in [0.2, 0.25) is 0 Å². The summed E-state index contributed by atoms with van der Waals surface area (Å²) in [7, 11) is 2.13. The summed E-state index contributed by atoms with van der Waals surface area (Å²) in [5, 5.41) is 24.0. The maximum Gasteiger partial charge on any atom is 0.404 e. The molecule has 0 bridgehead atoms. The molecule has 0 unspecified atom stereocenters. The zero-order valence-electron chi connectivity index (χ0n) is 24.4. The standard InChI is InChI=1S/C32H39N7O3/c1-21-6-3-7-22-8-4-10-28(29(21)22)38-16-12-25-27(19-38)34-31(42-20-24-9-5-15-37(24)2)36-30(25)39-17-13-26(35-32(40)41)23(18-39)11-14-33/h3-4,6-8,10,23-24,26,35H,5,9,11-13,15-20H2,1-2H3,(H,40,41)/t23-,24-,26-/m0/s1. The van der Waals surface area contributed by atoms with Crippen molar-refractivity contribution in [1.82, 2.24) is 20.2 Å². The van der Waals surface area contributed by atoms with Gasteiger partial charge < -0.3 is 29.9 Å². The van der Waals surface area contributed by atoms with Crippen molar-refractivity contribution in [2.45, 2.75) is 57.7 Å². The first-order valence-electron chi connectivity index (χ1n) is 15.0. The Balaban J connectivity index is 1.33. The van der Waals surface area contributed by atoms with Crippen LogP contribution in [0.1, 0.15) is 42.5 Å². The highest BCUT2D eigenvalue weighted by Gasteiger charge is 2.34. The number of amides is 1. The number of anilines is 2. The Bertz CT molecular complexity index is 1500. The molecule has 0 radical (unpaired) electrons. The Labute approximate surface area is 246 Å². The molecule has 0 aliphatic carbocycles. The number of carboxylic acid groups (broad SMARTS) is 1. The lowest BCUT2D eigenvalue weighted by molar-refractivity contribution is 0.180. The van der Waals surface area contributed by atoms with Gasteiger partial charge in [-0.1, -0.05) is 30.3 Å². The molecule has 2 aromatic carbocycles. The number of piperidine rings is 1.